The molecule has 0 atom stereocenters. The summed E-state index contributed by atoms with van der Waals surface area (Å²) in [6, 6.07) is 7.25. The molecule has 24 heavy (non-hydrogen) atoms. The van der Waals surface area contributed by atoms with Crippen LogP contribution in [0.25, 0.3) is 11.3 Å². The normalized spacial score (nSPS) is 20.4. The summed E-state index contributed by atoms with van der Waals surface area (Å²) in [7, 11) is -3.40. The molecule has 2 aliphatic heterocycles. The smallest absolute Gasteiger partial charge is 0.243 e. The van der Waals surface area contributed by atoms with Crippen molar-refractivity contribution >= 4 is 10.0 Å². The lowest BCUT2D eigenvalue weighted by Crippen LogP contribution is -2.60. The van der Waals surface area contributed by atoms with Gasteiger partial charge < -0.3 is 4.42 Å². The molecule has 1 aromatic carbocycles. The predicted octanol–water partition coefficient (Wildman–Crippen LogP) is 2.12. The Morgan fingerprint density at radius 3 is 2.38 bits per heavy atom. The van der Waals surface area contributed by atoms with E-state index in [-0.39, 0.29) is 0 Å². The van der Waals surface area contributed by atoms with Crippen LogP contribution in [0.3, 0.4) is 0 Å². The first kappa shape index (κ1) is 15.8. The van der Waals surface area contributed by atoms with Crippen LogP contribution in [-0.4, -0.2) is 54.8 Å². The van der Waals surface area contributed by atoms with Gasteiger partial charge in [0.1, 0.15) is 12.0 Å². The van der Waals surface area contributed by atoms with E-state index < -0.39 is 10.0 Å². The molecule has 0 unspecified atom stereocenters. The van der Waals surface area contributed by atoms with Crippen LogP contribution in [0, 0.1) is 6.92 Å². The second kappa shape index (κ2) is 5.98. The molecule has 6 nitrogen and oxygen atoms in total. The van der Waals surface area contributed by atoms with Gasteiger partial charge in [0, 0.05) is 31.6 Å². The standard InChI is InChI=1S/C17H21N3O3S/c1-13-18-17(12-23-13)14-4-6-16(7-5-14)24(21,22)20-10-15(11-20)19-8-2-3-9-19/h4-7,12,15H,2-3,8-11H2,1H3. The lowest BCUT2D eigenvalue weighted by molar-refractivity contribution is 0.110. The maximum Gasteiger partial charge on any atom is 0.243 e. The van der Waals surface area contributed by atoms with E-state index in [9.17, 15) is 8.42 Å². The third kappa shape index (κ3) is 2.76. The summed E-state index contributed by atoms with van der Waals surface area (Å²) in [4.78, 5) is 7.00. The van der Waals surface area contributed by atoms with Crippen molar-refractivity contribution in [2.75, 3.05) is 26.2 Å². The molecule has 7 heteroatoms. The molecular weight excluding hydrogens is 326 g/mol. The molecule has 0 aliphatic carbocycles. The van der Waals surface area contributed by atoms with Gasteiger partial charge in [0.2, 0.25) is 10.0 Å². The minimum Gasteiger partial charge on any atom is -0.449 e. The SMILES string of the molecule is Cc1nc(-c2ccc(S(=O)(=O)N3CC(N4CCCC4)C3)cc2)co1. The zero-order chi connectivity index (χ0) is 16.7. The van der Waals surface area contributed by atoms with Gasteiger partial charge in [-0.3, -0.25) is 4.90 Å². The molecule has 2 saturated heterocycles. The van der Waals surface area contributed by atoms with Crippen molar-refractivity contribution in [3.05, 3.63) is 36.4 Å². The molecule has 0 N–H and O–H groups in total. The lowest BCUT2D eigenvalue weighted by Gasteiger charge is -2.42. The number of aromatic nitrogens is 1. The summed E-state index contributed by atoms with van der Waals surface area (Å²) >= 11 is 0. The van der Waals surface area contributed by atoms with Crippen molar-refractivity contribution in [2.24, 2.45) is 0 Å². The van der Waals surface area contributed by atoms with E-state index in [0.717, 1.165) is 24.3 Å². The first-order valence-corrected chi connectivity index (χ1v) is 9.75. The fraction of sp³-hybridized carbons (Fsp3) is 0.471. The molecule has 0 bridgehead atoms. The predicted molar refractivity (Wildman–Crippen MR) is 90.0 cm³/mol. The van der Waals surface area contributed by atoms with Gasteiger partial charge in [0.25, 0.3) is 0 Å². The van der Waals surface area contributed by atoms with E-state index in [4.69, 9.17) is 4.42 Å². The third-order valence-corrected chi connectivity index (χ3v) is 6.74. The Kier molecular flexibility index (Phi) is 3.94. The van der Waals surface area contributed by atoms with Crippen molar-refractivity contribution in [1.29, 1.82) is 0 Å². The monoisotopic (exact) mass is 347 g/mol. The van der Waals surface area contributed by atoms with Crippen molar-refractivity contribution in [3.8, 4) is 11.3 Å². The Balaban J connectivity index is 1.47. The first-order valence-electron chi connectivity index (χ1n) is 8.31. The molecular formula is C17H21N3O3S. The van der Waals surface area contributed by atoms with Gasteiger partial charge in [-0.2, -0.15) is 4.31 Å². The summed E-state index contributed by atoms with van der Waals surface area (Å²) in [6.45, 7) is 5.19. The van der Waals surface area contributed by atoms with Gasteiger partial charge >= 0.3 is 0 Å². The highest BCUT2D eigenvalue weighted by Gasteiger charge is 2.40. The molecule has 2 aliphatic rings. The van der Waals surface area contributed by atoms with Crippen LogP contribution >= 0.6 is 0 Å². The van der Waals surface area contributed by atoms with Gasteiger partial charge in [0.15, 0.2) is 5.89 Å². The molecule has 2 fully saturated rings. The quantitative estimate of drug-likeness (QED) is 0.847. The summed E-state index contributed by atoms with van der Waals surface area (Å²) < 4.78 is 32.2. The number of oxazole rings is 1. The second-order valence-corrected chi connectivity index (χ2v) is 8.43. The molecule has 128 valence electrons. The second-order valence-electron chi connectivity index (χ2n) is 6.50. The van der Waals surface area contributed by atoms with E-state index in [2.05, 4.69) is 9.88 Å². The first-order chi connectivity index (χ1) is 11.5. The maximum atomic E-state index is 12.7. The van der Waals surface area contributed by atoms with Crippen LogP contribution < -0.4 is 0 Å². The van der Waals surface area contributed by atoms with E-state index in [0.29, 0.717) is 29.9 Å². The number of rotatable bonds is 4. The largest absolute Gasteiger partial charge is 0.449 e. The molecule has 2 aromatic rings. The molecule has 0 amide bonds. The maximum absolute atomic E-state index is 12.7. The average Bonchev–Trinajstić information content (AvgIpc) is 3.17. The molecule has 0 radical (unpaired) electrons. The topological polar surface area (TPSA) is 66.7 Å². The van der Waals surface area contributed by atoms with Gasteiger partial charge in [-0.1, -0.05) is 12.1 Å². The van der Waals surface area contributed by atoms with Crippen LogP contribution in [0.4, 0.5) is 0 Å². The Morgan fingerprint density at radius 2 is 1.79 bits per heavy atom. The zero-order valence-corrected chi connectivity index (χ0v) is 14.5. The van der Waals surface area contributed by atoms with Crippen LogP contribution in [0.2, 0.25) is 0 Å². The lowest BCUT2D eigenvalue weighted by atomic mass is 10.1. The fourth-order valence-corrected chi connectivity index (χ4v) is 4.91. The van der Waals surface area contributed by atoms with Gasteiger partial charge in [-0.15, -0.1) is 0 Å². The van der Waals surface area contributed by atoms with Gasteiger partial charge in [-0.25, -0.2) is 13.4 Å². The van der Waals surface area contributed by atoms with E-state index in [1.54, 1.807) is 41.8 Å². The van der Waals surface area contributed by atoms with Crippen molar-refractivity contribution in [2.45, 2.75) is 30.7 Å². The number of aryl methyl sites for hydroxylation is 1. The van der Waals surface area contributed by atoms with Crippen LogP contribution in [0.5, 0.6) is 0 Å². The Labute approximate surface area is 142 Å². The highest BCUT2D eigenvalue weighted by molar-refractivity contribution is 7.89. The Hall–Kier alpha value is -1.70. The van der Waals surface area contributed by atoms with Crippen molar-refractivity contribution in [3.63, 3.8) is 0 Å². The summed E-state index contributed by atoms with van der Waals surface area (Å²) in [5.41, 5.74) is 1.57. The molecule has 4 rings (SSSR count). The van der Waals surface area contributed by atoms with Crippen molar-refractivity contribution in [1.82, 2.24) is 14.2 Å². The number of hydrogen-bond acceptors (Lipinski definition) is 5. The number of benzene rings is 1. The molecule has 1 aromatic heterocycles. The zero-order valence-electron chi connectivity index (χ0n) is 13.7. The van der Waals surface area contributed by atoms with E-state index >= 15 is 0 Å². The summed E-state index contributed by atoms with van der Waals surface area (Å²) in [5, 5.41) is 0. The van der Waals surface area contributed by atoms with E-state index in [1.807, 2.05) is 0 Å². The minimum atomic E-state index is -3.40. The van der Waals surface area contributed by atoms with Gasteiger partial charge in [-0.05, 0) is 38.1 Å². The molecule has 3 heterocycles. The summed E-state index contributed by atoms with van der Waals surface area (Å²) in [5.74, 6) is 0.593. The number of sulfonamides is 1. The molecule has 0 saturated carbocycles. The van der Waals surface area contributed by atoms with Crippen LogP contribution in [0.1, 0.15) is 18.7 Å². The van der Waals surface area contributed by atoms with Gasteiger partial charge in [0.05, 0.1) is 4.90 Å². The fourth-order valence-electron chi connectivity index (χ4n) is 3.39. The molecule has 0 spiro atoms. The minimum absolute atomic E-state index is 0.339. The van der Waals surface area contributed by atoms with Crippen LogP contribution in [-0.2, 0) is 10.0 Å². The number of likely N-dealkylation sites (tertiary alicyclic amines) is 1. The Bertz CT molecular complexity index is 817. The number of hydrogen-bond donors (Lipinski definition) is 0. The van der Waals surface area contributed by atoms with Crippen molar-refractivity contribution < 1.29 is 12.8 Å². The van der Waals surface area contributed by atoms with Crippen LogP contribution in [0.15, 0.2) is 39.8 Å². The Morgan fingerprint density at radius 1 is 1.12 bits per heavy atom. The number of nitrogens with zero attached hydrogens (tertiary/aromatic N) is 3. The highest BCUT2D eigenvalue weighted by atomic mass is 32.2. The third-order valence-electron chi connectivity index (χ3n) is 4.89. The van der Waals surface area contributed by atoms with E-state index in [1.165, 1.54) is 12.8 Å². The summed E-state index contributed by atoms with van der Waals surface area (Å²) in [6.07, 6.45) is 4.04. The average molecular weight is 347 g/mol. The highest BCUT2D eigenvalue weighted by Crippen LogP contribution is 2.28.